The van der Waals surface area contributed by atoms with Crippen molar-refractivity contribution < 1.29 is 77.5 Å². The van der Waals surface area contributed by atoms with Gasteiger partial charge in [-0.3, -0.25) is 14.6 Å². The normalized spacial score (nSPS) is 25.7. The summed E-state index contributed by atoms with van der Waals surface area (Å²) < 4.78 is 44.9. The van der Waals surface area contributed by atoms with Crippen molar-refractivity contribution in [1.82, 2.24) is 20.6 Å². The predicted molar refractivity (Wildman–Crippen MR) is 223 cm³/mol. The van der Waals surface area contributed by atoms with Crippen molar-refractivity contribution in [3.05, 3.63) is 90.0 Å². The van der Waals surface area contributed by atoms with E-state index in [1.165, 1.54) is 19.6 Å². The molecule has 10 atom stereocenters. The van der Waals surface area contributed by atoms with Gasteiger partial charge in [-0.15, -0.1) is 0 Å². The van der Waals surface area contributed by atoms with E-state index < -0.39 is 98.3 Å². The van der Waals surface area contributed by atoms with Crippen molar-refractivity contribution >= 4 is 29.6 Å². The van der Waals surface area contributed by atoms with Crippen molar-refractivity contribution in [2.75, 3.05) is 46.7 Å². The summed E-state index contributed by atoms with van der Waals surface area (Å²) in [5, 5.41) is 45.1. The second kappa shape index (κ2) is 27.0. The molecule has 0 radical (unpaired) electrons. The van der Waals surface area contributed by atoms with Crippen molar-refractivity contribution in [3.8, 4) is 0 Å². The Morgan fingerprint density at radius 2 is 1.38 bits per heavy atom. The first-order chi connectivity index (χ1) is 30.8. The maximum absolute atomic E-state index is 12.6. The second-order valence-electron chi connectivity index (χ2n) is 14.4. The van der Waals surface area contributed by atoms with Crippen LogP contribution in [0.1, 0.15) is 41.9 Å². The summed E-state index contributed by atoms with van der Waals surface area (Å²) in [6.07, 6.45) is -5.50. The number of rotatable bonds is 23. The largest absolute Gasteiger partial charge is 0.480 e. The van der Waals surface area contributed by atoms with Gasteiger partial charge in [0.25, 0.3) is 5.91 Å². The number of nitrogens with two attached hydrogens (primary N) is 1. The molecule has 0 bridgehead atoms. The fourth-order valence-corrected chi connectivity index (χ4v) is 6.59. The summed E-state index contributed by atoms with van der Waals surface area (Å²) in [5.74, 6) is -2.87. The van der Waals surface area contributed by atoms with E-state index in [0.717, 1.165) is 11.1 Å². The number of aliphatic hydroxyl groups is 2. The van der Waals surface area contributed by atoms with E-state index in [0.29, 0.717) is 12.4 Å². The van der Waals surface area contributed by atoms with Crippen LogP contribution < -0.4 is 16.4 Å². The number of carboxylic acid groups (broad SMARTS) is 2. The molecule has 0 saturated carbocycles. The Bertz CT molecular complexity index is 1870. The molecule has 5 rings (SSSR count). The van der Waals surface area contributed by atoms with E-state index in [4.69, 9.17) is 53.8 Å². The average Bonchev–Trinajstić information content (AvgIpc) is 3.82. The molecule has 2 saturated heterocycles. The van der Waals surface area contributed by atoms with Crippen LogP contribution in [0.3, 0.4) is 0 Å². The molecule has 2 aliphatic heterocycles. The van der Waals surface area contributed by atoms with E-state index in [1.54, 1.807) is 13.8 Å². The van der Waals surface area contributed by atoms with E-state index in [2.05, 4.69) is 25.6 Å². The quantitative estimate of drug-likeness (QED) is 0.0458. The fourth-order valence-electron chi connectivity index (χ4n) is 6.59. The van der Waals surface area contributed by atoms with Crippen LogP contribution in [0.4, 0.5) is 0 Å². The Hall–Kier alpha value is -5.40. The van der Waals surface area contributed by atoms with Crippen LogP contribution in [0.2, 0.25) is 0 Å². The highest BCUT2D eigenvalue weighted by atomic mass is 16.7. The molecule has 2 aromatic carbocycles. The highest BCUT2D eigenvalue weighted by Crippen LogP contribution is 2.27. The van der Waals surface area contributed by atoms with Crippen LogP contribution in [0.15, 0.2) is 78.2 Å². The number of aromatic nitrogens is 2. The lowest BCUT2D eigenvalue weighted by atomic mass is 9.96. The Kier molecular flexibility index (Phi) is 21.7. The van der Waals surface area contributed by atoms with Crippen LogP contribution in [0, 0.1) is 0 Å². The first kappa shape index (κ1) is 51.2. The summed E-state index contributed by atoms with van der Waals surface area (Å²) in [6.45, 7) is 2.88. The maximum Gasteiger partial charge on any atom is 0.329 e. The molecule has 3 aromatic rings. The number of amides is 2. The minimum absolute atomic E-state index is 0.0116. The molecule has 0 spiro atoms. The first-order valence-corrected chi connectivity index (χ1v) is 20.4. The van der Waals surface area contributed by atoms with Crippen molar-refractivity contribution in [2.45, 2.75) is 94.8 Å². The number of carbonyl (C=O) groups is 4. The highest BCUT2D eigenvalue weighted by Gasteiger charge is 2.49. The number of methoxy groups -OCH3 is 1. The first-order valence-electron chi connectivity index (χ1n) is 20.4. The summed E-state index contributed by atoms with van der Waals surface area (Å²) >= 11 is 0. The van der Waals surface area contributed by atoms with Gasteiger partial charge in [0, 0.05) is 26.7 Å². The third-order valence-electron chi connectivity index (χ3n) is 9.56. The number of imidazole rings is 1. The van der Waals surface area contributed by atoms with Gasteiger partial charge < -0.3 is 79.7 Å². The molecule has 1 aromatic heterocycles. The zero-order chi connectivity index (χ0) is 46.4. The molecule has 9 N–H and O–H groups in total. The number of aliphatic imine (C=N–C) groups is 1. The Balaban J connectivity index is 0.000000281. The number of nitrogens with zero attached hydrogens (tertiary/aromatic N) is 2. The molecular weight excluding hydrogens is 844 g/mol. The molecular formula is C42H58N6O16. The van der Waals surface area contributed by atoms with Gasteiger partial charge in [-0.1, -0.05) is 60.7 Å². The number of aromatic amines is 1. The summed E-state index contributed by atoms with van der Waals surface area (Å²) in [5.41, 5.74) is 7.52. The van der Waals surface area contributed by atoms with E-state index in [9.17, 15) is 29.4 Å². The Labute approximate surface area is 369 Å². The number of hydrogen-bond acceptors (Lipinski definition) is 16. The molecule has 3 heterocycles. The molecule has 2 fully saturated rings. The summed E-state index contributed by atoms with van der Waals surface area (Å²) in [7, 11) is 1.39. The highest BCUT2D eigenvalue weighted by molar-refractivity contribution is 5.92. The minimum Gasteiger partial charge on any atom is -0.480 e. The lowest BCUT2D eigenvalue weighted by molar-refractivity contribution is -0.278. The number of aliphatic hydroxyl groups excluding tert-OH is 2. The van der Waals surface area contributed by atoms with Crippen LogP contribution in [0.25, 0.3) is 0 Å². The molecule has 22 nitrogen and oxygen atoms in total. The molecule has 0 aliphatic carbocycles. The number of carbonyl (C=O) groups excluding carboxylic acids is 2. The molecule has 2 aliphatic rings. The third-order valence-corrected chi connectivity index (χ3v) is 9.56. The van der Waals surface area contributed by atoms with Crippen LogP contribution in [0.5, 0.6) is 0 Å². The van der Waals surface area contributed by atoms with Gasteiger partial charge in [0.2, 0.25) is 5.91 Å². The van der Waals surface area contributed by atoms with Gasteiger partial charge in [0.05, 0.1) is 44.8 Å². The number of hydrogen-bond donors (Lipinski definition) is 8. The van der Waals surface area contributed by atoms with Gasteiger partial charge in [-0.25, -0.2) is 14.6 Å². The number of H-pyrrole nitrogens is 1. The zero-order valence-corrected chi connectivity index (χ0v) is 35.7. The molecule has 2 unspecified atom stereocenters. The van der Waals surface area contributed by atoms with Gasteiger partial charge in [-0.05, 0) is 25.0 Å². The number of aliphatic carboxylic acids is 2. The number of carboxylic acids is 2. The number of nitrogens with one attached hydrogen (secondary N) is 3. The maximum atomic E-state index is 12.6. The molecule has 2 amide bonds. The molecule has 22 heteroatoms. The summed E-state index contributed by atoms with van der Waals surface area (Å²) in [6, 6.07) is 17.0. The Morgan fingerprint density at radius 1 is 0.797 bits per heavy atom. The summed E-state index contributed by atoms with van der Waals surface area (Å²) in [4.78, 5) is 57.3. The second-order valence-corrected chi connectivity index (χ2v) is 14.4. The van der Waals surface area contributed by atoms with Gasteiger partial charge >= 0.3 is 11.9 Å². The van der Waals surface area contributed by atoms with Crippen LogP contribution >= 0.6 is 0 Å². The monoisotopic (exact) mass is 902 g/mol. The molecule has 64 heavy (non-hydrogen) atoms. The number of ether oxygens (including phenoxy) is 8. The van der Waals surface area contributed by atoms with E-state index in [-0.39, 0.29) is 45.1 Å². The number of amidine groups is 1. The lowest BCUT2D eigenvalue weighted by Gasteiger charge is -2.44. The zero-order valence-electron chi connectivity index (χ0n) is 35.7. The third kappa shape index (κ3) is 16.6. The number of benzene rings is 2. The van der Waals surface area contributed by atoms with Gasteiger partial charge in [-0.2, -0.15) is 0 Å². The van der Waals surface area contributed by atoms with E-state index >= 15 is 0 Å². The van der Waals surface area contributed by atoms with Crippen molar-refractivity contribution in [3.63, 3.8) is 0 Å². The SMILES string of the molecule is CCO[C@@H]1O[C@H](COCc2ccccc2)[C@@H](O)[C@H](OCC(=O)O)C1NC(=O)CCN=C(C)N.CO[C@@H]1O[C@H](COCC(=O)O)[C@@H](O)[C@H](OCc2ccccc2)C1NC(=O)c1cnc[nH]1. The van der Waals surface area contributed by atoms with Crippen LogP contribution in [-0.4, -0.2) is 168 Å². The molecule has 352 valence electrons. The van der Waals surface area contributed by atoms with Gasteiger partial charge in [0.1, 0.15) is 67.6 Å². The lowest BCUT2D eigenvalue weighted by Crippen LogP contribution is -2.65. The Morgan fingerprint density at radius 3 is 1.94 bits per heavy atom. The van der Waals surface area contributed by atoms with Crippen LogP contribution in [-0.2, 0) is 65.5 Å². The standard InChI is InChI=1S/C22H33N3O8.C20H25N3O8/c1-3-31-22-19(25-17(26)9-10-24-14(2)23)21(32-13-18(27)28)20(29)16(33-22)12-30-11-15-7-5-4-6-8-15;1-28-20-16(23-19(27)13-7-21-11-22-13)18(30-8-12-5-3-2-4-6-12)17(26)14(31-20)9-29-10-15(24)25/h4-8,16,19-22,29H,3,9-13H2,1-2H3,(H2,23,24)(H,25,26)(H,27,28);2-7,11,14,16-18,20,26H,8-10H2,1H3,(H,21,22)(H,23,27)(H,24,25)/t16-,19?,20-,21-,22-;14-,16?,17-,18-,20-/m11/s1. The minimum atomic E-state index is -1.27. The fraction of sp³-hybridized carbons (Fsp3) is 0.524. The van der Waals surface area contributed by atoms with Crippen molar-refractivity contribution in [1.29, 1.82) is 0 Å². The smallest absolute Gasteiger partial charge is 0.329 e. The van der Waals surface area contributed by atoms with Crippen molar-refractivity contribution in [2.24, 2.45) is 10.7 Å². The average molecular weight is 903 g/mol. The topological polar surface area (TPSA) is 314 Å². The predicted octanol–water partition coefficient (Wildman–Crippen LogP) is -0.0258. The van der Waals surface area contributed by atoms with Gasteiger partial charge in [0.15, 0.2) is 12.6 Å². The van der Waals surface area contributed by atoms with E-state index in [1.807, 2.05) is 60.7 Å².